The van der Waals surface area contributed by atoms with Crippen molar-refractivity contribution in [3.8, 4) is 0 Å². The minimum Gasteiger partial charge on any atom is -0.383 e. The van der Waals surface area contributed by atoms with E-state index in [4.69, 9.17) is 10.5 Å². The Bertz CT molecular complexity index is 298. The lowest BCUT2D eigenvalue weighted by molar-refractivity contribution is 0.158. The summed E-state index contributed by atoms with van der Waals surface area (Å²) < 4.78 is 7.88. The summed E-state index contributed by atoms with van der Waals surface area (Å²) in [5, 5.41) is 4.33. The molecule has 0 saturated heterocycles. The van der Waals surface area contributed by atoms with Gasteiger partial charge in [-0.2, -0.15) is 5.10 Å². The molecule has 1 aromatic heterocycles. The molecular weight excluding hydrogens is 281 g/mol. The standard InChI is InChI=1S/C8H14IN3O/c1-5(4-13-3)12-8(10)7(9)6(2)11-12/h5H,4,10H2,1-3H3. The first-order valence-electron chi connectivity index (χ1n) is 4.07. The lowest BCUT2D eigenvalue weighted by Crippen LogP contribution is -2.15. The highest BCUT2D eigenvalue weighted by molar-refractivity contribution is 14.1. The van der Waals surface area contributed by atoms with Crippen molar-refractivity contribution >= 4 is 28.4 Å². The van der Waals surface area contributed by atoms with Crippen LogP contribution in [0.2, 0.25) is 0 Å². The Morgan fingerprint density at radius 2 is 2.31 bits per heavy atom. The molecule has 0 bridgehead atoms. The number of methoxy groups -OCH3 is 1. The van der Waals surface area contributed by atoms with Crippen LogP contribution in [-0.4, -0.2) is 23.5 Å². The van der Waals surface area contributed by atoms with Gasteiger partial charge in [-0.1, -0.05) is 0 Å². The third-order valence-corrected chi connectivity index (χ3v) is 3.21. The van der Waals surface area contributed by atoms with Gasteiger partial charge in [0.25, 0.3) is 0 Å². The maximum absolute atomic E-state index is 5.87. The zero-order valence-electron chi connectivity index (χ0n) is 8.04. The third-order valence-electron chi connectivity index (χ3n) is 1.87. The van der Waals surface area contributed by atoms with Gasteiger partial charge in [0, 0.05) is 7.11 Å². The van der Waals surface area contributed by atoms with Gasteiger partial charge in [-0.3, -0.25) is 0 Å². The van der Waals surface area contributed by atoms with Gasteiger partial charge in [0.15, 0.2) is 0 Å². The number of aryl methyl sites for hydroxylation is 1. The zero-order valence-corrected chi connectivity index (χ0v) is 10.2. The minimum atomic E-state index is 0.187. The molecule has 1 unspecified atom stereocenters. The average molecular weight is 295 g/mol. The summed E-state index contributed by atoms with van der Waals surface area (Å²) in [6.45, 7) is 4.61. The molecule has 1 aromatic rings. The largest absolute Gasteiger partial charge is 0.383 e. The van der Waals surface area contributed by atoms with E-state index in [-0.39, 0.29) is 6.04 Å². The Hall–Kier alpha value is -0.300. The first kappa shape index (κ1) is 10.8. The summed E-state index contributed by atoms with van der Waals surface area (Å²) in [6.07, 6.45) is 0. The van der Waals surface area contributed by atoms with E-state index in [9.17, 15) is 0 Å². The molecule has 0 aliphatic heterocycles. The molecule has 1 heterocycles. The van der Waals surface area contributed by atoms with E-state index in [1.807, 2.05) is 13.8 Å². The SMILES string of the molecule is COCC(C)n1nc(C)c(I)c1N. The number of rotatable bonds is 3. The van der Waals surface area contributed by atoms with Crippen molar-refractivity contribution in [2.75, 3.05) is 19.5 Å². The highest BCUT2D eigenvalue weighted by Gasteiger charge is 2.14. The fourth-order valence-corrected chi connectivity index (χ4v) is 1.55. The summed E-state index contributed by atoms with van der Waals surface area (Å²) >= 11 is 2.20. The molecule has 2 N–H and O–H groups in total. The van der Waals surface area contributed by atoms with Crippen LogP contribution in [0.5, 0.6) is 0 Å². The number of nitrogen functional groups attached to an aromatic ring is 1. The van der Waals surface area contributed by atoms with E-state index in [1.165, 1.54) is 0 Å². The van der Waals surface area contributed by atoms with E-state index in [0.717, 1.165) is 15.1 Å². The van der Waals surface area contributed by atoms with Gasteiger partial charge in [-0.05, 0) is 36.4 Å². The average Bonchev–Trinajstić information content (AvgIpc) is 2.33. The van der Waals surface area contributed by atoms with Crippen molar-refractivity contribution < 1.29 is 4.74 Å². The molecule has 5 heteroatoms. The Labute approximate surface area is 91.6 Å². The number of nitrogens with zero attached hydrogens (tertiary/aromatic N) is 2. The van der Waals surface area contributed by atoms with Crippen molar-refractivity contribution in [1.82, 2.24) is 9.78 Å². The molecule has 0 aliphatic rings. The van der Waals surface area contributed by atoms with Crippen LogP contribution in [0.1, 0.15) is 18.7 Å². The quantitative estimate of drug-likeness (QED) is 0.862. The van der Waals surface area contributed by atoms with Crippen molar-refractivity contribution in [2.24, 2.45) is 0 Å². The van der Waals surface area contributed by atoms with Crippen LogP contribution < -0.4 is 5.73 Å². The topological polar surface area (TPSA) is 53.1 Å². The van der Waals surface area contributed by atoms with Crippen LogP contribution >= 0.6 is 22.6 Å². The van der Waals surface area contributed by atoms with Gasteiger partial charge >= 0.3 is 0 Å². The predicted octanol–water partition coefficient (Wildman–Crippen LogP) is 1.59. The van der Waals surface area contributed by atoms with Gasteiger partial charge in [-0.15, -0.1) is 0 Å². The van der Waals surface area contributed by atoms with E-state index >= 15 is 0 Å². The summed E-state index contributed by atoms with van der Waals surface area (Å²) in [7, 11) is 1.67. The first-order valence-corrected chi connectivity index (χ1v) is 5.14. The van der Waals surface area contributed by atoms with Gasteiger partial charge in [-0.25, -0.2) is 4.68 Å². The second-order valence-corrected chi connectivity index (χ2v) is 4.11. The first-order chi connectivity index (χ1) is 6.07. The number of nitrogens with two attached hydrogens (primary N) is 1. The van der Waals surface area contributed by atoms with E-state index < -0.39 is 0 Å². The molecule has 74 valence electrons. The summed E-state index contributed by atoms with van der Waals surface area (Å²) in [5.41, 5.74) is 6.85. The Kier molecular flexibility index (Phi) is 3.55. The molecule has 0 spiro atoms. The lowest BCUT2D eigenvalue weighted by atomic mass is 10.4. The van der Waals surface area contributed by atoms with Gasteiger partial charge < -0.3 is 10.5 Å². The van der Waals surface area contributed by atoms with Crippen LogP contribution in [0.4, 0.5) is 5.82 Å². The summed E-state index contributed by atoms with van der Waals surface area (Å²) in [6, 6.07) is 0.187. The maximum Gasteiger partial charge on any atom is 0.135 e. The molecule has 13 heavy (non-hydrogen) atoms. The summed E-state index contributed by atoms with van der Waals surface area (Å²) in [4.78, 5) is 0. The second-order valence-electron chi connectivity index (χ2n) is 3.03. The van der Waals surface area contributed by atoms with Gasteiger partial charge in [0.05, 0.1) is 21.9 Å². The number of halogens is 1. The van der Waals surface area contributed by atoms with Crippen molar-refractivity contribution in [2.45, 2.75) is 19.9 Å². The fraction of sp³-hybridized carbons (Fsp3) is 0.625. The normalized spacial score (nSPS) is 13.2. The molecule has 0 fully saturated rings. The van der Waals surface area contributed by atoms with E-state index in [2.05, 4.69) is 27.7 Å². The summed E-state index contributed by atoms with van der Waals surface area (Å²) in [5.74, 6) is 0.725. The third kappa shape index (κ3) is 2.14. The van der Waals surface area contributed by atoms with Crippen LogP contribution in [0.3, 0.4) is 0 Å². The minimum absolute atomic E-state index is 0.187. The molecule has 0 radical (unpaired) electrons. The predicted molar refractivity (Wildman–Crippen MR) is 60.7 cm³/mol. The highest BCUT2D eigenvalue weighted by atomic mass is 127. The molecular formula is C8H14IN3O. The molecule has 0 aliphatic carbocycles. The van der Waals surface area contributed by atoms with Gasteiger partial charge in [0.1, 0.15) is 5.82 Å². The Balaban J connectivity index is 2.94. The molecule has 0 aromatic carbocycles. The zero-order chi connectivity index (χ0) is 10.0. The van der Waals surface area contributed by atoms with E-state index in [0.29, 0.717) is 6.61 Å². The van der Waals surface area contributed by atoms with Crippen molar-refractivity contribution in [3.63, 3.8) is 0 Å². The number of hydrogen-bond acceptors (Lipinski definition) is 3. The molecule has 1 atom stereocenters. The highest BCUT2D eigenvalue weighted by Crippen LogP contribution is 2.21. The van der Waals surface area contributed by atoms with E-state index in [1.54, 1.807) is 11.8 Å². The van der Waals surface area contributed by atoms with Gasteiger partial charge in [0.2, 0.25) is 0 Å². The molecule has 4 nitrogen and oxygen atoms in total. The Morgan fingerprint density at radius 1 is 1.69 bits per heavy atom. The second kappa shape index (κ2) is 4.28. The number of anilines is 1. The van der Waals surface area contributed by atoms with Crippen molar-refractivity contribution in [3.05, 3.63) is 9.26 Å². The lowest BCUT2D eigenvalue weighted by Gasteiger charge is -2.12. The number of hydrogen-bond donors (Lipinski definition) is 1. The monoisotopic (exact) mass is 295 g/mol. The smallest absolute Gasteiger partial charge is 0.135 e. The van der Waals surface area contributed by atoms with Crippen molar-refractivity contribution in [1.29, 1.82) is 0 Å². The maximum atomic E-state index is 5.87. The number of aromatic nitrogens is 2. The molecule has 1 rings (SSSR count). The molecule has 0 amide bonds. The number of ether oxygens (including phenoxy) is 1. The van der Waals surface area contributed by atoms with Crippen LogP contribution in [0.25, 0.3) is 0 Å². The van der Waals surface area contributed by atoms with Crippen LogP contribution in [-0.2, 0) is 4.74 Å². The van der Waals surface area contributed by atoms with Crippen LogP contribution in [0.15, 0.2) is 0 Å². The Morgan fingerprint density at radius 3 is 2.69 bits per heavy atom. The molecule has 0 saturated carbocycles. The fourth-order valence-electron chi connectivity index (χ4n) is 1.19. The van der Waals surface area contributed by atoms with Crippen LogP contribution in [0, 0.1) is 10.5 Å².